The van der Waals surface area contributed by atoms with Crippen LogP contribution in [0.2, 0.25) is 0 Å². The van der Waals surface area contributed by atoms with Gasteiger partial charge >= 0.3 is 0 Å². The third-order valence-corrected chi connectivity index (χ3v) is 3.16. The second-order valence-corrected chi connectivity index (χ2v) is 4.57. The molecule has 104 valence electrons. The molecule has 0 aliphatic rings. The van der Waals surface area contributed by atoms with E-state index in [0.29, 0.717) is 0 Å². The van der Waals surface area contributed by atoms with E-state index in [4.69, 9.17) is 9.47 Å². The van der Waals surface area contributed by atoms with Gasteiger partial charge in [0.25, 0.3) is 0 Å². The van der Waals surface area contributed by atoms with Crippen LogP contribution >= 0.6 is 0 Å². The predicted molar refractivity (Wildman–Crippen MR) is 83.3 cm³/mol. The zero-order chi connectivity index (χ0) is 14.2. The maximum atomic E-state index is 5.22. The summed E-state index contributed by atoms with van der Waals surface area (Å²) in [5.74, 6) is 1.81. The first-order valence-corrected chi connectivity index (χ1v) is 6.75. The summed E-state index contributed by atoms with van der Waals surface area (Å²) in [7, 11) is 3.38. The van der Waals surface area contributed by atoms with Crippen molar-refractivity contribution in [3.05, 3.63) is 65.7 Å². The van der Waals surface area contributed by atoms with E-state index < -0.39 is 0 Å². The van der Waals surface area contributed by atoms with Gasteiger partial charge in [-0.1, -0.05) is 36.4 Å². The molecular weight excluding hydrogens is 248 g/mol. The van der Waals surface area contributed by atoms with Crippen molar-refractivity contribution in [3.63, 3.8) is 0 Å². The summed E-state index contributed by atoms with van der Waals surface area (Å²) >= 11 is 0. The van der Waals surface area contributed by atoms with Gasteiger partial charge < -0.3 is 9.47 Å². The minimum absolute atomic E-state index is 0.888. The molecule has 2 nitrogen and oxygen atoms in total. The summed E-state index contributed by atoms with van der Waals surface area (Å²) in [6.07, 6.45) is 6.37. The van der Waals surface area contributed by atoms with Gasteiger partial charge in [-0.15, -0.1) is 0 Å². The number of aryl methyl sites for hydroxylation is 1. The topological polar surface area (TPSA) is 18.5 Å². The van der Waals surface area contributed by atoms with Crippen molar-refractivity contribution < 1.29 is 9.47 Å². The number of methoxy groups -OCH3 is 2. The average Bonchev–Trinajstić information content (AvgIpc) is 2.52. The normalized spacial score (nSPS) is 10.7. The van der Waals surface area contributed by atoms with Gasteiger partial charge in [-0.2, -0.15) is 0 Å². The zero-order valence-electron chi connectivity index (χ0n) is 12.0. The summed E-state index contributed by atoms with van der Waals surface area (Å²) in [5.41, 5.74) is 2.49. The van der Waals surface area contributed by atoms with Gasteiger partial charge in [0.05, 0.1) is 14.2 Å². The number of hydrogen-bond acceptors (Lipinski definition) is 2. The Balaban J connectivity index is 1.86. The molecule has 0 saturated heterocycles. The van der Waals surface area contributed by atoms with E-state index in [1.165, 1.54) is 11.1 Å². The molecule has 0 fully saturated rings. The summed E-state index contributed by atoms with van der Waals surface area (Å²) in [5, 5.41) is 0. The van der Waals surface area contributed by atoms with Gasteiger partial charge in [-0.05, 0) is 48.2 Å². The molecule has 0 atom stereocenters. The molecule has 0 aliphatic heterocycles. The number of ether oxygens (including phenoxy) is 2. The smallest absolute Gasteiger partial charge is 0.119 e. The van der Waals surface area contributed by atoms with Crippen LogP contribution in [0.4, 0.5) is 0 Å². The number of hydrogen-bond donors (Lipinski definition) is 0. The molecule has 0 aromatic heterocycles. The summed E-state index contributed by atoms with van der Waals surface area (Å²) < 4.78 is 10.4. The first-order chi connectivity index (χ1) is 9.81. The van der Waals surface area contributed by atoms with Gasteiger partial charge in [0.2, 0.25) is 0 Å². The third kappa shape index (κ3) is 4.16. The zero-order valence-corrected chi connectivity index (χ0v) is 12.0. The van der Waals surface area contributed by atoms with E-state index in [0.717, 1.165) is 24.3 Å². The molecular formula is C18H20O2. The van der Waals surface area contributed by atoms with Crippen molar-refractivity contribution in [1.29, 1.82) is 0 Å². The molecule has 0 heterocycles. The summed E-state index contributed by atoms with van der Waals surface area (Å²) in [6, 6.07) is 16.3. The lowest BCUT2D eigenvalue weighted by molar-refractivity contribution is 0.414. The molecule has 2 rings (SSSR count). The summed E-state index contributed by atoms with van der Waals surface area (Å²) in [6.45, 7) is 0. The molecule has 20 heavy (non-hydrogen) atoms. The molecule has 0 amide bonds. The number of benzene rings is 2. The van der Waals surface area contributed by atoms with Crippen molar-refractivity contribution in [3.8, 4) is 11.5 Å². The lowest BCUT2D eigenvalue weighted by Gasteiger charge is -2.02. The van der Waals surface area contributed by atoms with Crippen LogP contribution in [-0.4, -0.2) is 14.2 Å². The maximum Gasteiger partial charge on any atom is 0.119 e. The number of allylic oxidation sites excluding steroid dienone is 1. The Hall–Kier alpha value is -2.22. The average molecular weight is 268 g/mol. The molecule has 0 unspecified atom stereocenters. The van der Waals surface area contributed by atoms with Crippen LogP contribution in [0.1, 0.15) is 17.5 Å². The molecule has 0 saturated carbocycles. The van der Waals surface area contributed by atoms with Crippen molar-refractivity contribution in [2.75, 3.05) is 14.2 Å². The first kappa shape index (κ1) is 14.2. The highest BCUT2D eigenvalue weighted by Crippen LogP contribution is 2.15. The molecule has 0 aliphatic carbocycles. The second kappa shape index (κ2) is 7.39. The van der Waals surface area contributed by atoms with E-state index in [2.05, 4.69) is 36.4 Å². The predicted octanol–water partition coefficient (Wildman–Crippen LogP) is 4.35. The van der Waals surface area contributed by atoms with Gasteiger partial charge in [0.1, 0.15) is 11.5 Å². The largest absolute Gasteiger partial charge is 0.497 e. The first-order valence-electron chi connectivity index (χ1n) is 6.75. The van der Waals surface area contributed by atoms with E-state index in [-0.39, 0.29) is 0 Å². The molecule has 0 radical (unpaired) electrons. The molecule has 2 heteroatoms. The van der Waals surface area contributed by atoms with Crippen LogP contribution < -0.4 is 9.47 Å². The fraction of sp³-hybridized carbons (Fsp3) is 0.222. The standard InChI is InChI=1S/C18H20O2/c1-19-17-12-10-15(11-13-17)6-3-4-7-16-8-5-9-18(14-16)20-2/h3,5-6,8-14H,4,7H2,1-2H3/b6-3-. The minimum Gasteiger partial charge on any atom is -0.497 e. The van der Waals surface area contributed by atoms with Crippen LogP contribution in [0.5, 0.6) is 11.5 Å². The summed E-state index contributed by atoms with van der Waals surface area (Å²) in [4.78, 5) is 0. The Morgan fingerprint density at radius 2 is 1.65 bits per heavy atom. The van der Waals surface area contributed by atoms with E-state index in [1.54, 1.807) is 14.2 Å². The van der Waals surface area contributed by atoms with Crippen LogP contribution in [0.3, 0.4) is 0 Å². The minimum atomic E-state index is 0.888. The van der Waals surface area contributed by atoms with E-state index in [1.807, 2.05) is 24.3 Å². The molecule has 0 spiro atoms. The fourth-order valence-electron chi connectivity index (χ4n) is 2.01. The fourth-order valence-corrected chi connectivity index (χ4v) is 2.01. The van der Waals surface area contributed by atoms with E-state index >= 15 is 0 Å². The monoisotopic (exact) mass is 268 g/mol. The van der Waals surface area contributed by atoms with Crippen molar-refractivity contribution in [2.24, 2.45) is 0 Å². The SMILES string of the molecule is COc1ccc(/C=C\CCc2cccc(OC)c2)cc1. The van der Waals surface area contributed by atoms with Crippen LogP contribution in [0, 0.1) is 0 Å². The highest BCUT2D eigenvalue weighted by molar-refractivity contribution is 5.50. The molecule has 2 aromatic rings. The van der Waals surface area contributed by atoms with Gasteiger partial charge in [-0.25, -0.2) is 0 Å². The quantitative estimate of drug-likeness (QED) is 0.775. The van der Waals surface area contributed by atoms with Gasteiger partial charge in [0, 0.05) is 0 Å². The second-order valence-electron chi connectivity index (χ2n) is 4.57. The Morgan fingerprint density at radius 1 is 0.900 bits per heavy atom. The van der Waals surface area contributed by atoms with Crippen LogP contribution in [-0.2, 0) is 6.42 Å². The van der Waals surface area contributed by atoms with E-state index in [9.17, 15) is 0 Å². The van der Waals surface area contributed by atoms with Crippen molar-refractivity contribution >= 4 is 6.08 Å². The third-order valence-electron chi connectivity index (χ3n) is 3.16. The lowest BCUT2D eigenvalue weighted by Crippen LogP contribution is -1.86. The van der Waals surface area contributed by atoms with Gasteiger partial charge in [0.15, 0.2) is 0 Å². The Bertz CT molecular complexity index is 556. The highest BCUT2D eigenvalue weighted by atomic mass is 16.5. The van der Waals surface area contributed by atoms with Gasteiger partial charge in [-0.3, -0.25) is 0 Å². The highest BCUT2D eigenvalue weighted by Gasteiger charge is 1.95. The molecule has 0 bridgehead atoms. The maximum absolute atomic E-state index is 5.22. The van der Waals surface area contributed by atoms with Crippen LogP contribution in [0.15, 0.2) is 54.6 Å². The van der Waals surface area contributed by atoms with Crippen LogP contribution in [0.25, 0.3) is 6.08 Å². The van der Waals surface area contributed by atoms with Crippen molar-refractivity contribution in [2.45, 2.75) is 12.8 Å². The Labute approximate surface area is 120 Å². The molecule has 0 N–H and O–H groups in total. The number of rotatable bonds is 6. The lowest BCUT2D eigenvalue weighted by atomic mass is 10.1. The Kier molecular flexibility index (Phi) is 5.24. The Morgan fingerprint density at radius 3 is 2.35 bits per heavy atom. The van der Waals surface area contributed by atoms with Crippen molar-refractivity contribution in [1.82, 2.24) is 0 Å². The molecule has 2 aromatic carbocycles.